The standard InChI is InChI=1S/C12H15NO4S/c1-3-8-13(2)18(16,17)9-10-4-6-11(7-5-10)12(14)15/h3-7H,1,8-9H2,2H3,(H,14,15). The Morgan fingerprint density at radius 1 is 1.39 bits per heavy atom. The number of aromatic carboxylic acids is 1. The number of sulfonamides is 1. The summed E-state index contributed by atoms with van der Waals surface area (Å²) in [5.74, 6) is -1.19. The summed E-state index contributed by atoms with van der Waals surface area (Å²) >= 11 is 0. The van der Waals surface area contributed by atoms with E-state index in [9.17, 15) is 13.2 Å². The van der Waals surface area contributed by atoms with Crippen LogP contribution in [0.5, 0.6) is 0 Å². The number of hydrogen-bond donors (Lipinski definition) is 1. The molecule has 18 heavy (non-hydrogen) atoms. The fraction of sp³-hybridized carbons (Fsp3) is 0.250. The van der Waals surface area contributed by atoms with E-state index < -0.39 is 16.0 Å². The topological polar surface area (TPSA) is 74.7 Å². The Labute approximate surface area is 106 Å². The van der Waals surface area contributed by atoms with Crippen LogP contribution >= 0.6 is 0 Å². The van der Waals surface area contributed by atoms with E-state index in [1.807, 2.05) is 0 Å². The van der Waals surface area contributed by atoms with Crippen LogP contribution in [0.1, 0.15) is 15.9 Å². The lowest BCUT2D eigenvalue weighted by Crippen LogP contribution is -2.28. The number of hydrogen-bond acceptors (Lipinski definition) is 3. The quantitative estimate of drug-likeness (QED) is 0.791. The Morgan fingerprint density at radius 2 is 1.94 bits per heavy atom. The smallest absolute Gasteiger partial charge is 0.335 e. The van der Waals surface area contributed by atoms with Crippen molar-refractivity contribution in [2.24, 2.45) is 0 Å². The summed E-state index contributed by atoms with van der Waals surface area (Å²) in [5, 5.41) is 8.73. The van der Waals surface area contributed by atoms with Gasteiger partial charge in [0.2, 0.25) is 10.0 Å². The summed E-state index contributed by atoms with van der Waals surface area (Å²) in [6.07, 6.45) is 1.51. The Kier molecular flexibility index (Phi) is 4.63. The van der Waals surface area contributed by atoms with Crippen molar-refractivity contribution >= 4 is 16.0 Å². The highest BCUT2D eigenvalue weighted by molar-refractivity contribution is 7.88. The number of carboxylic acid groups (broad SMARTS) is 1. The summed E-state index contributed by atoms with van der Waals surface area (Å²) in [6, 6.07) is 5.78. The van der Waals surface area contributed by atoms with Gasteiger partial charge in [-0.25, -0.2) is 17.5 Å². The summed E-state index contributed by atoms with van der Waals surface area (Å²) in [5.41, 5.74) is 0.687. The average molecular weight is 269 g/mol. The first kappa shape index (κ1) is 14.4. The predicted molar refractivity (Wildman–Crippen MR) is 68.9 cm³/mol. The van der Waals surface area contributed by atoms with Crippen LogP contribution < -0.4 is 0 Å². The van der Waals surface area contributed by atoms with Gasteiger partial charge in [0.25, 0.3) is 0 Å². The van der Waals surface area contributed by atoms with Gasteiger partial charge in [-0.05, 0) is 17.7 Å². The molecule has 0 amide bonds. The van der Waals surface area contributed by atoms with E-state index >= 15 is 0 Å². The maximum absolute atomic E-state index is 11.9. The molecule has 0 aliphatic heterocycles. The minimum absolute atomic E-state index is 0.135. The van der Waals surface area contributed by atoms with Crippen molar-refractivity contribution in [1.29, 1.82) is 0 Å². The molecule has 0 bridgehead atoms. The SMILES string of the molecule is C=CCN(C)S(=O)(=O)Cc1ccc(C(=O)O)cc1. The lowest BCUT2D eigenvalue weighted by Gasteiger charge is -2.15. The first-order valence-electron chi connectivity index (χ1n) is 5.24. The van der Waals surface area contributed by atoms with Gasteiger partial charge in [-0.15, -0.1) is 6.58 Å². The van der Waals surface area contributed by atoms with Crippen molar-refractivity contribution in [3.63, 3.8) is 0 Å². The fourth-order valence-corrected chi connectivity index (χ4v) is 2.53. The van der Waals surface area contributed by atoms with E-state index in [1.165, 1.54) is 41.7 Å². The van der Waals surface area contributed by atoms with Crippen molar-refractivity contribution < 1.29 is 18.3 Å². The van der Waals surface area contributed by atoms with Gasteiger partial charge in [0.05, 0.1) is 11.3 Å². The van der Waals surface area contributed by atoms with E-state index in [-0.39, 0.29) is 17.9 Å². The van der Waals surface area contributed by atoms with Crippen LogP contribution in [0.3, 0.4) is 0 Å². The largest absolute Gasteiger partial charge is 0.478 e. The molecule has 0 aliphatic carbocycles. The number of carbonyl (C=O) groups is 1. The highest BCUT2D eigenvalue weighted by atomic mass is 32.2. The van der Waals surface area contributed by atoms with Crippen molar-refractivity contribution in [2.45, 2.75) is 5.75 Å². The number of carboxylic acids is 1. The molecular formula is C12H15NO4S. The van der Waals surface area contributed by atoms with Crippen LogP contribution in [0.2, 0.25) is 0 Å². The lowest BCUT2D eigenvalue weighted by molar-refractivity contribution is 0.0697. The van der Waals surface area contributed by atoms with E-state index in [4.69, 9.17) is 5.11 Å². The summed E-state index contributed by atoms with van der Waals surface area (Å²) in [7, 11) is -1.92. The third-order valence-corrected chi connectivity index (χ3v) is 4.21. The third kappa shape index (κ3) is 3.68. The second-order valence-corrected chi connectivity index (χ2v) is 5.90. The van der Waals surface area contributed by atoms with Crippen molar-refractivity contribution in [1.82, 2.24) is 4.31 Å². The second kappa shape index (κ2) is 5.79. The van der Waals surface area contributed by atoms with Crippen molar-refractivity contribution in [3.05, 3.63) is 48.0 Å². The van der Waals surface area contributed by atoms with Crippen LogP contribution in [0.4, 0.5) is 0 Å². The predicted octanol–water partition coefficient (Wildman–Crippen LogP) is 1.33. The van der Waals surface area contributed by atoms with E-state index in [1.54, 1.807) is 0 Å². The number of nitrogens with zero attached hydrogens (tertiary/aromatic N) is 1. The van der Waals surface area contributed by atoms with Gasteiger partial charge in [-0.2, -0.15) is 0 Å². The molecule has 1 N–H and O–H groups in total. The van der Waals surface area contributed by atoms with E-state index in [0.717, 1.165) is 0 Å². The van der Waals surface area contributed by atoms with Gasteiger partial charge in [-0.1, -0.05) is 18.2 Å². The zero-order valence-electron chi connectivity index (χ0n) is 10.0. The van der Waals surface area contributed by atoms with Crippen LogP contribution in [-0.2, 0) is 15.8 Å². The summed E-state index contributed by atoms with van der Waals surface area (Å²) in [4.78, 5) is 10.7. The molecule has 0 aromatic heterocycles. The molecule has 1 aromatic carbocycles. The Morgan fingerprint density at radius 3 is 2.39 bits per heavy atom. The Hall–Kier alpha value is -1.66. The average Bonchev–Trinajstić information content (AvgIpc) is 2.29. The van der Waals surface area contributed by atoms with Crippen LogP contribution in [0.15, 0.2) is 36.9 Å². The lowest BCUT2D eigenvalue weighted by atomic mass is 10.1. The Bertz CT molecular complexity index is 534. The van der Waals surface area contributed by atoms with Gasteiger partial charge in [0.1, 0.15) is 0 Å². The molecule has 0 saturated heterocycles. The fourth-order valence-electron chi connectivity index (χ4n) is 1.36. The number of rotatable bonds is 6. The molecule has 0 saturated carbocycles. The van der Waals surface area contributed by atoms with Crippen LogP contribution in [0, 0.1) is 0 Å². The normalized spacial score (nSPS) is 11.4. The molecule has 98 valence electrons. The maximum Gasteiger partial charge on any atom is 0.335 e. The number of likely N-dealkylation sites (N-methyl/N-ethyl adjacent to an activating group) is 1. The minimum Gasteiger partial charge on any atom is -0.478 e. The molecule has 1 rings (SSSR count). The molecular weight excluding hydrogens is 254 g/mol. The zero-order chi connectivity index (χ0) is 13.8. The second-order valence-electron chi connectivity index (χ2n) is 3.83. The number of benzene rings is 1. The highest BCUT2D eigenvalue weighted by Crippen LogP contribution is 2.11. The first-order valence-corrected chi connectivity index (χ1v) is 6.85. The molecule has 0 aliphatic rings. The molecule has 0 fully saturated rings. The van der Waals surface area contributed by atoms with E-state index in [2.05, 4.69) is 6.58 Å². The molecule has 0 atom stereocenters. The zero-order valence-corrected chi connectivity index (χ0v) is 10.9. The molecule has 0 unspecified atom stereocenters. The van der Waals surface area contributed by atoms with Gasteiger partial charge in [0, 0.05) is 13.6 Å². The molecule has 0 heterocycles. The third-order valence-electron chi connectivity index (χ3n) is 2.41. The summed E-state index contributed by atoms with van der Waals surface area (Å²) < 4.78 is 24.9. The first-order chi connectivity index (χ1) is 8.36. The molecule has 6 heteroatoms. The molecule has 0 radical (unpaired) electrons. The van der Waals surface area contributed by atoms with Crippen LogP contribution in [0.25, 0.3) is 0 Å². The van der Waals surface area contributed by atoms with Gasteiger partial charge < -0.3 is 5.11 Å². The molecule has 1 aromatic rings. The van der Waals surface area contributed by atoms with Crippen molar-refractivity contribution in [2.75, 3.05) is 13.6 Å². The van der Waals surface area contributed by atoms with Gasteiger partial charge in [0.15, 0.2) is 0 Å². The summed E-state index contributed by atoms with van der Waals surface area (Å²) in [6.45, 7) is 3.73. The monoisotopic (exact) mass is 269 g/mol. The van der Waals surface area contributed by atoms with Gasteiger partial charge in [-0.3, -0.25) is 0 Å². The Balaban J connectivity index is 2.84. The highest BCUT2D eigenvalue weighted by Gasteiger charge is 2.17. The van der Waals surface area contributed by atoms with Crippen LogP contribution in [-0.4, -0.2) is 37.4 Å². The van der Waals surface area contributed by atoms with Crippen molar-refractivity contribution in [3.8, 4) is 0 Å². The van der Waals surface area contributed by atoms with Gasteiger partial charge >= 0.3 is 5.97 Å². The minimum atomic E-state index is -3.39. The maximum atomic E-state index is 11.9. The molecule has 5 nitrogen and oxygen atoms in total. The molecule has 0 spiro atoms. The van der Waals surface area contributed by atoms with E-state index in [0.29, 0.717) is 5.56 Å².